The maximum absolute atomic E-state index is 14.3. The first-order valence-corrected chi connectivity index (χ1v) is 10.1. The first-order valence-electron chi connectivity index (χ1n) is 8.28. The summed E-state index contributed by atoms with van der Waals surface area (Å²) in [6.45, 7) is 1.24. The summed E-state index contributed by atoms with van der Waals surface area (Å²) in [6.07, 6.45) is 2.03. The molecule has 4 rings (SSSR count). The van der Waals surface area contributed by atoms with Gasteiger partial charge in [-0.2, -0.15) is 0 Å². The molecule has 2 aromatic rings. The van der Waals surface area contributed by atoms with Crippen molar-refractivity contribution in [2.45, 2.75) is 18.9 Å². The van der Waals surface area contributed by atoms with Crippen LogP contribution in [0.5, 0.6) is 0 Å². The molecule has 0 amide bonds. The van der Waals surface area contributed by atoms with E-state index < -0.39 is 10.0 Å². The molecule has 25 heavy (non-hydrogen) atoms. The molecular weight excluding hydrogens is 343 g/mol. The van der Waals surface area contributed by atoms with Crippen LogP contribution in [0.15, 0.2) is 41.2 Å². The Labute approximate surface area is 145 Å². The summed E-state index contributed by atoms with van der Waals surface area (Å²) in [5.41, 5.74) is 1.76. The minimum atomic E-state index is -3.29. The van der Waals surface area contributed by atoms with Crippen molar-refractivity contribution in [2.75, 3.05) is 19.3 Å². The number of fused-ring (bicyclic) bond motifs is 4. The van der Waals surface area contributed by atoms with Crippen LogP contribution in [-0.2, 0) is 16.6 Å². The third-order valence-corrected chi connectivity index (χ3v) is 6.43. The van der Waals surface area contributed by atoms with E-state index in [1.807, 2.05) is 0 Å². The van der Waals surface area contributed by atoms with Gasteiger partial charge in [0.2, 0.25) is 10.0 Å². The van der Waals surface area contributed by atoms with Gasteiger partial charge in [-0.3, -0.25) is 4.79 Å². The molecule has 132 valence electrons. The highest BCUT2D eigenvalue weighted by atomic mass is 32.2. The van der Waals surface area contributed by atoms with Gasteiger partial charge in [0.1, 0.15) is 5.82 Å². The molecule has 2 atom stereocenters. The van der Waals surface area contributed by atoms with E-state index in [2.05, 4.69) is 0 Å². The number of sulfonamides is 1. The molecule has 1 aromatic heterocycles. The maximum Gasteiger partial charge on any atom is 0.250 e. The molecule has 0 aliphatic carbocycles. The van der Waals surface area contributed by atoms with Crippen LogP contribution < -0.4 is 5.56 Å². The van der Waals surface area contributed by atoms with Gasteiger partial charge in [0.25, 0.3) is 5.56 Å². The largest absolute Gasteiger partial charge is 0.311 e. The van der Waals surface area contributed by atoms with Gasteiger partial charge in [-0.25, -0.2) is 17.1 Å². The fourth-order valence-corrected chi connectivity index (χ4v) is 5.08. The second kappa shape index (κ2) is 5.78. The van der Waals surface area contributed by atoms with E-state index >= 15 is 0 Å². The van der Waals surface area contributed by atoms with Crippen molar-refractivity contribution < 1.29 is 12.8 Å². The number of hydrogen-bond acceptors (Lipinski definition) is 3. The Morgan fingerprint density at radius 1 is 1.04 bits per heavy atom. The number of nitrogens with zero attached hydrogens (tertiary/aromatic N) is 2. The number of hydrogen-bond donors (Lipinski definition) is 0. The van der Waals surface area contributed by atoms with Gasteiger partial charge >= 0.3 is 0 Å². The van der Waals surface area contributed by atoms with Crippen molar-refractivity contribution in [3.8, 4) is 11.1 Å². The van der Waals surface area contributed by atoms with Crippen LogP contribution in [0.4, 0.5) is 4.39 Å². The summed E-state index contributed by atoms with van der Waals surface area (Å²) >= 11 is 0. The van der Waals surface area contributed by atoms with Crippen LogP contribution in [0.3, 0.4) is 0 Å². The number of benzene rings is 1. The zero-order valence-electron chi connectivity index (χ0n) is 13.9. The summed E-state index contributed by atoms with van der Waals surface area (Å²) in [7, 11) is -3.29. The van der Waals surface area contributed by atoms with Gasteiger partial charge in [-0.05, 0) is 24.5 Å². The molecule has 2 aliphatic rings. The standard InChI is InChI=1S/C18H19FN2O3S/c1-25(23,24)20-9-12-8-13(11-20)18-15(6-7-17(22)21(18)10-12)14-4-2-3-5-16(14)19/h2-7,12-13H,8-11H2,1H3/t12-,13-/m1/s1. The third-order valence-electron chi connectivity index (χ3n) is 5.19. The molecule has 0 unspecified atom stereocenters. The van der Waals surface area contributed by atoms with Crippen LogP contribution in [-0.4, -0.2) is 36.6 Å². The minimum Gasteiger partial charge on any atom is -0.311 e. The Morgan fingerprint density at radius 2 is 1.80 bits per heavy atom. The van der Waals surface area contributed by atoms with E-state index in [-0.39, 0.29) is 23.2 Å². The van der Waals surface area contributed by atoms with Crippen LogP contribution in [0.2, 0.25) is 0 Å². The summed E-state index contributed by atoms with van der Waals surface area (Å²) in [5, 5.41) is 0. The highest BCUT2D eigenvalue weighted by Gasteiger charge is 2.39. The molecule has 0 saturated carbocycles. The molecule has 2 bridgehead atoms. The molecule has 0 spiro atoms. The predicted octanol–water partition coefficient (Wildman–Crippen LogP) is 2.03. The average molecular weight is 362 g/mol. The van der Waals surface area contributed by atoms with E-state index in [4.69, 9.17) is 0 Å². The topological polar surface area (TPSA) is 59.4 Å². The van der Waals surface area contributed by atoms with E-state index in [1.54, 1.807) is 28.8 Å². The van der Waals surface area contributed by atoms with E-state index in [9.17, 15) is 17.6 Å². The smallest absolute Gasteiger partial charge is 0.250 e. The van der Waals surface area contributed by atoms with Crippen molar-refractivity contribution >= 4 is 10.0 Å². The Balaban J connectivity index is 1.89. The molecule has 3 heterocycles. The monoisotopic (exact) mass is 362 g/mol. The lowest BCUT2D eigenvalue weighted by Crippen LogP contribution is -2.49. The third kappa shape index (κ3) is 2.81. The van der Waals surface area contributed by atoms with Gasteiger partial charge in [0, 0.05) is 48.4 Å². The Bertz CT molecular complexity index is 1000. The van der Waals surface area contributed by atoms with Crippen LogP contribution in [0, 0.1) is 11.7 Å². The zero-order valence-corrected chi connectivity index (χ0v) is 14.7. The summed E-state index contributed by atoms with van der Waals surface area (Å²) in [4.78, 5) is 12.4. The average Bonchev–Trinajstić information content (AvgIpc) is 2.55. The first-order chi connectivity index (χ1) is 11.8. The summed E-state index contributed by atoms with van der Waals surface area (Å²) in [6, 6.07) is 9.61. The first kappa shape index (κ1) is 16.5. The molecule has 0 N–H and O–H groups in total. The summed E-state index contributed by atoms with van der Waals surface area (Å²) in [5.74, 6) is -0.345. The second-order valence-electron chi connectivity index (χ2n) is 6.94. The molecular formula is C18H19FN2O3S. The lowest BCUT2D eigenvalue weighted by molar-refractivity contribution is 0.187. The quantitative estimate of drug-likeness (QED) is 0.821. The van der Waals surface area contributed by atoms with Gasteiger partial charge in [-0.1, -0.05) is 18.2 Å². The highest BCUT2D eigenvalue weighted by molar-refractivity contribution is 7.88. The molecule has 1 fully saturated rings. The van der Waals surface area contributed by atoms with Gasteiger partial charge in [0.05, 0.1) is 6.26 Å². The van der Waals surface area contributed by atoms with Crippen LogP contribution in [0.25, 0.3) is 11.1 Å². The Kier molecular flexibility index (Phi) is 3.81. The summed E-state index contributed by atoms with van der Waals surface area (Å²) < 4.78 is 41.5. The minimum absolute atomic E-state index is 0.106. The lowest BCUT2D eigenvalue weighted by atomic mass is 9.81. The van der Waals surface area contributed by atoms with Crippen LogP contribution >= 0.6 is 0 Å². The fourth-order valence-electron chi connectivity index (χ4n) is 4.15. The fraction of sp³-hybridized carbons (Fsp3) is 0.389. The molecule has 2 aliphatic heterocycles. The van der Waals surface area contributed by atoms with E-state index in [0.29, 0.717) is 30.8 Å². The molecule has 1 aromatic carbocycles. The van der Waals surface area contributed by atoms with Crippen molar-refractivity contribution in [3.05, 3.63) is 58.3 Å². The second-order valence-corrected chi connectivity index (χ2v) is 8.92. The molecule has 7 heteroatoms. The highest BCUT2D eigenvalue weighted by Crippen LogP contribution is 2.40. The normalized spacial score (nSPS) is 23.3. The number of halogens is 1. The van der Waals surface area contributed by atoms with E-state index in [0.717, 1.165) is 12.1 Å². The zero-order chi connectivity index (χ0) is 17.8. The molecule has 0 radical (unpaired) electrons. The van der Waals surface area contributed by atoms with Gasteiger partial charge in [-0.15, -0.1) is 0 Å². The van der Waals surface area contributed by atoms with Crippen molar-refractivity contribution in [1.29, 1.82) is 0 Å². The molecule has 5 nitrogen and oxygen atoms in total. The maximum atomic E-state index is 14.3. The Morgan fingerprint density at radius 3 is 2.52 bits per heavy atom. The number of rotatable bonds is 2. The Hall–Kier alpha value is -1.99. The number of pyridine rings is 1. The van der Waals surface area contributed by atoms with Gasteiger partial charge in [0.15, 0.2) is 0 Å². The number of aromatic nitrogens is 1. The van der Waals surface area contributed by atoms with Crippen molar-refractivity contribution in [3.63, 3.8) is 0 Å². The number of piperidine rings is 1. The van der Waals surface area contributed by atoms with E-state index in [1.165, 1.54) is 22.7 Å². The predicted molar refractivity (Wildman–Crippen MR) is 93.4 cm³/mol. The molecule has 1 saturated heterocycles. The SMILES string of the molecule is CS(=O)(=O)N1C[C@H]2C[C@H](C1)c1c(-c3ccccc3F)ccc(=O)n1C2. The van der Waals surface area contributed by atoms with Crippen molar-refractivity contribution in [1.82, 2.24) is 8.87 Å². The van der Waals surface area contributed by atoms with Crippen LogP contribution in [0.1, 0.15) is 18.0 Å². The van der Waals surface area contributed by atoms with Gasteiger partial charge < -0.3 is 4.57 Å². The van der Waals surface area contributed by atoms with Crippen molar-refractivity contribution in [2.24, 2.45) is 5.92 Å². The lowest BCUT2D eigenvalue weighted by Gasteiger charge is -2.42.